The van der Waals surface area contributed by atoms with Gasteiger partial charge in [-0.15, -0.1) is 0 Å². The zero-order valence-electron chi connectivity index (χ0n) is 34.5. The molecule has 0 aliphatic heterocycles. The molecule has 7 rings (SSSR count). The molecule has 0 amide bonds. The lowest BCUT2D eigenvalue weighted by molar-refractivity contribution is 1.00. The van der Waals surface area contributed by atoms with Crippen molar-refractivity contribution in [2.24, 2.45) is 0 Å². The van der Waals surface area contributed by atoms with Crippen molar-refractivity contribution in [1.29, 1.82) is 0 Å². The number of imidazole rings is 1. The Morgan fingerprint density at radius 1 is 0.639 bits per heavy atom. The number of hydrogen-bond donors (Lipinski definition) is 0. The van der Waals surface area contributed by atoms with Crippen molar-refractivity contribution in [3.63, 3.8) is 0 Å². The van der Waals surface area contributed by atoms with Gasteiger partial charge in [-0.2, -0.15) is 0 Å². The van der Waals surface area contributed by atoms with Crippen molar-refractivity contribution >= 4 is 32.6 Å². The fourth-order valence-electron chi connectivity index (χ4n) is 4.67. The average Bonchev–Trinajstić information content (AvgIpc) is 3.52. The number of aryl methyl sites for hydroxylation is 1. The third-order valence-electron chi connectivity index (χ3n) is 6.10. The summed E-state index contributed by atoms with van der Waals surface area (Å²) in [5.74, 6) is -0.339. The molecule has 0 aliphatic carbocycles. The van der Waals surface area contributed by atoms with Gasteiger partial charge < -0.3 is 0 Å². The zero-order valence-corrected chi connectivity index (χ0v) is 18.5. The third kappa shape index (κ3) is 3.08. The van der Waals surface area contributed by atoms with Gasteiger partial charge in [0.1, 0.15) is 5.82 Å². The molecule has 0 atom stereocenters. The lowest BCUT2D eigenvalue weighted by atomic mass is 9.85. The van der Waals surface area contributed by atoms with Gasteiger partial charge in [0, 0.05) is 9.68 Å². The first-order valence-electron chi connectivity index (χ1n) is 19.0. The topological polar surface area (TPSA) is 17.8 Å². The van der Waals surface area contributed by atoms with E-state index in [0.717, 1.165) is 0 Å². The van der Waals surface area contributed by atoms with Crippen LogP contribution >= 0.6 is 0 Å². The monoisotopic (exact) mass is 476 g/mol. The van der Waals surface area contributed by atoms with Gasteiger partial charge in [-0.3, -0.25) is 4.57 Å². The minimum absolute atomic E-state index is 0.105. The highest BCUT2D eigenvalue weighted by Crippen LogP contribution is 2.45. The van der Waals surface area contributed by atoms with Gasteiger partial charge in [-0.1, -0.05) is 109 Å². The first-order valence-corrected chi connectivity index (χ1v) is 11.0. The molecule has 2 heteroatoms. The molecule has 0 N–H and O–H groups in total. The molecule has 7 aromatic rings. The van der Waals surface area contributed by atoms with E-state index >= 15 is 0 Å². The van der Waals surface area contributed by atoms with E-state index in [1.165, 1.54) is 10.6 Å². The second-order valence-electron chi connectivity index (χ2n) is 8.03. The molecule has 0 saturated heterocycles. The summed E-state index contributed by atoms with van der Waals surface area (Å²) in [6, 6.07) is 3.53. The van der Waals surface area contributed by atoms with E-state index in [2.05, 4.69) is 4.98 Å². The summed E-state index contributed by atoms with van der Waals surface area (Å²) in [6.07, 6.45) is 0. The molecule has 6 aromatic carbocycles. The minimum Gasteiger partial charge on any atom is -0.296 e. The fraction of sp³-hybridized carbons (Fsp3) is 0.0294. The Balaban J connectivity index is 1.85. The van der Waals surface area contributed by atoms with Crippen LogP contribution in [0.5, 0.6) is 0 Å². The van der Waals surface area contributed by atoms with Gasteiger partial charge in [-0.05, 0) is 63.3 Å². The van der Waals surface area contributed by atoms with Crippen LogP contribution in [-0.4, -0.2) is 9.55 Å². The van der Waals surface area contributed by atoms with Crippen molar-refractivity contribution in [2.75, 3.05) is 0 Å². The summed E-state index contributed by atoms with van der Waals surface area (Å²) in [5, 5.41) is -1.29. The zero-order chi connectivity index (χ0) is 37.9. The molecule has 2 nitrogen and oxygen atoms in total. The molecular formula is C34H24N2. The number of benzene rings is 6. The van der Waals surface area contributed by atoms with E-state index < -0.39 is 96.5 Å². The molecule has 0 unspecified atom stereocenters. The SMILES string of the molecule is [2H]c1c([2H])c([2H])c(-c2c3c([2H])c([2H])c([2H])c([2H])c3c(-c3ccccc3-n3c(C([2H])([2H])[2H])nc4ccccc43)c3c([2H])c([2H])c([2H])c([2H])c23)c([2H])c1[2H]. The third-order valence-corrected chi connectivity index (χ3v) is 6.10. The van der Waals surface area contributed by atoms with E-state index in [0.29, 0.717) is 11.0 Å². The van der Waals surface area contributed by atoms with E-state index in [1.807, 2.05) is 0 Å². The predicted molar refractivity (Wildman–Crippen MR) is 152 cm³/mol. The van der Waals surface area contributed by atoms with Gasteiger partial charge in [0.05, 0.1) is 34.5 Å². The molecule has 0 bridgehead atoms. The quantitative estimate of drug-likeness (QED) is 0.233. The molecule has 0 saturated carbocycles. The molecule has 1 aromatic heterocycles. The lowest BCUT2D eigenvalue weighted by Gasteiger charge is -2.20. The smallest absolute Gasteiger partial charge is 0.111 e. The first kappa shape index (κ1) is 10.1. The van der Waals surface area contributed by atoms with Crippen molar-refractivity contribution in [3.05, 3.63) is 133 Å². The summed E-state index contributed by atoms with van der Waals surface area (Å²) in [6.45, 7) is -2.76. The van der Waals surface area contributed by atoms with Crippen LogP contribution in [0.1, 0.15) is 27.8 Å². The highest BCUT2D eigenvalue weighted by molar-refractivity contribution is 6.22. The van der Waals surface area contributed by atoms with Crippen LogP contribution < -0.4 is 0 Å². The molecule has 170 valence electrons. The summed E-state index contributed by atoms with van der Waals surface area (Å²) >= 11 is 0. The molecule has 1 heterocycles. The Morgan fingerprint density at radius 2 is 1.22 bits per heavy atom. The van der Waals surface area contributed by atoms with E-state index in [4.69, 9.17) is 19.2 Å². The number of nitrogens with zero attached hydrogens (tertiary/aromatic N) is 2. The number of aromatic nitrogens is 2. The largest absolute Gasteiger partial charge is 0.296 e. The van der Waals surface area contributed by atoms with E-state index in [-0.39, 0.29) is 44.2 Å². The van der Waals surface area contributed by atoms with Gasteiger partial charge in [0.15, 0.2) is 0 Å². The Kier molecular flexibility index (Phi) is 2.31. The summed E-state index contributed by atoms with van der Waals surface area (Å²) in [7, 11) is 0. The van der Waals surface area contributed by atoms with Crippen LogP contribution in [0.25, 0.3) is 60.5 Å². The van der Waals surface area contributed by atoms with Crippen LogP contribution in [0, 0.1) is 6.85 Å². The van der Waals surface area contributed by atoms with Gasteiger partial charge in [0.2, 0.25) is 0 Å². The summed E-state index contributed by atoms with van der Waals surface area (Å²) < 4.78 is 140. The molecular weight excluding hydrogens is 436 g/mol. The molecule has 0 aliphatic rings. The molecule has 36 heavy (non-hydrogen) atoms. The van der Waals surface area contributed by atoms with Gasteiger partial charge in [-0.25, -0.2) is 4.98 Å². The summed E-state index contributed by atoms with van der Waals surface area (Å²) in [5.41, 5.74) is -0.0912. The van der Waals surface area contributed by atoms with E-state index in [9.17, 15) is 2.74 Å². The number of fused-ring (bicyclic) bond motifs is 3. The van der Waals surface area contributed by atoms with Gasteiger partial charge >= 0.3 is 0 Å². The maximum Gasteiger partial charge on any atom is 0.111 e. The molecule has 0 spiro atoms. The van der Waals surface area contributed by atoms with Crippen LogP contribution in [0.4, 0.5) is 0 Å². The standard InChI is InChI=1S/C34H24N2/c1-23-35-30-20-10-12-22-32(30)36(23)31-21-11-9-19-29(31)34-27-17-7-5-15-25(27)33(24-13-3-2-4-14-24)26-16-6-8-18-28(26)34/h2-22H,1H3/i1D3,2D,3D,4D,5D,6D,7D,8D,13D,14D,15D,16D,17D,18D. The van der Waals surface area contributed by atoms with Crippen molar-refractivity contribution in [3.8, 4) is 27.9 Å². The molecule has 0 radical (unpaired) electrons. The van der Waals surface area contributed by atoms with Crippen molar-refractivity contribution in [1.82, 2.24) is 9.55 Å². The van der Waals surface area contributed by atoms with Crippen molar-refractivity contribution in [2.45, 2.75) is 6.85 Å². The second-order valence-corrected chi connectivity index (χ2v) is 8.03. The average molecular weight is 477 g/mol. The maximum atomic E-state index is 9.22. The minimum atomic E-state index is -2.76. The number of hydrogen-bond acceptors (Lipinski definition) is 1. The summed E-state index contributed by atoms with van der Waals surface area (Å²) in [4.78, 5) is 4.40. The Labute approximate surface area is 232 Å². The predicted octanol–water partition coefficient (Wildman–Crippen LogP) is 8.97. The maximum absolute atomic E-state index is 9.22. The Bertz CT molecular complexity index is 2600. The first-order chi connectivity index (χ1) is 24.4. The fourth-order valence-corrected chi connectivity index (χ4v) is 4.67. The Morgan fingerprint density at radius 3 is 1.92 bits per heavy atom. The van der Waals surface area contributed by atoms with Crippen LogP contribution in [0.3, 0.4) is 0 Å². The number of para-hydroxylation sites is 3. The highest BCUT2D eigenvalue weighted by Gasteiger charge is 2.20. The van der Waals surface area contributed by atoms with Crippen molar-refractivity contribution < 1.29 is 21.9 Å². The highest BCUT2D eigenvalue weighted by atomic mass is 15.1. The lowest BCUT2D eigenvalue weighted by Crippen LogP contribution is -2.00. The molecule has 0 fully saturated rings. The van der Waals surface area contributed by atoms with E-state index in [1.54, 1.807) is 42.5 Å². The normalized spacial score (nSPS) is 18.1. The van der Waals surface area contributed by atoms with Crippen LogP contribution in [-0.2, 0) is 0 Å². The van der Waals surface area contributed by atoms with Crippen LogP contribution in [0.2, 0.25) is 0 Å². The number of rotatable bonds is 3. The Hall–Kier alpha value is -4.69. The van der Waals surface area contributed by atoms with Crippen LogP contribution in [0.15, 0.2) is 127 Å². The van der Waals surface area contributed by atoms with Gasteiger partial charge in [0.25, 0.3) is 0 Å². The second kappa shape index (κ2) is 8.21.